The van der Waals surface area contributed by atoms with Gasteiger partial charge in [0.2, 0.25) is 9.84 Å². The summed E-state index contributed by atoms with van der Waals surface area (Å²) >= 11 is 0. The Labute approximate surface area is 132 Å². The summed E-state index contributed by atoms with van der Waals surface area (Å²) in [5.41, 5.74) is 0.744. The summed E-state index contributed by atoms with van der Waals surface area (Å²) in [5.74, 6) is -0.492. The molecule has 0 saturated carbocycles. The minimum atomic E-state index is -3.67. The van der Waals surface area contributed by atoms with Crippen molar-refractivity contribution >= 4 is 15.5 Å². The molecular formula is C14H12FN5O2S. The lowest BCUT2D eigenvalue weighted by Crippen LogP contribution is -2.21. The molecule has 0 amide bonds. The van der Waals surface area contributed by atoms with Crippen LogP contribution in [0.15, 0.2) is 75.7 Å². The molecule has 0 spiro atoms. The minimum absolute atomic E-state index is 0.00963. The van der Waals surface area contributed by atoms with Crippen LogP contribution in [0.25, 0.3) is 0 Å². The summed E-state index contributed by atoms with van der Waals surface area (Å²) in [7, 11) is -3.67. The van der Waals surface area contributed by atoms with Crippen molar-refractivity contribution in [1.82, 2.24) is 9.99 Å². The third-order valence-corrected chi connectivity index (χ3v) is 4.45. The van der Waals surface area contributed by atoms with Crippen LogP contribution < -0.4 is 5.01 Å². The van der Waals surface area contributed by atoms with Gasteiger partial charge in [-0.15, -0.1) is 0 Å². The summed E-state index contributed by atoms with van der Waals surface area (Å²) in [5, 5.41) is 11.7. The molecule has 7 nitrogen and oxygen atoms in total. The van der Waals surface area contributed by atoms with Crippen LogP contribution in [0.5, 0.6) is 0 Å². The molecular weight excluding hydrogens is 321 g/mol. The van der Waals surface area contributed by atoms with Gasteiger partial charge in [0.1, 0.15) is 12.5 Å². The zero-order chi connectivity index (χ0) is 16.3. The van der Waals surface area contributed by atoms with Gasteiger partial charge in [0, 0.05) is 12.4 Å². The molecule has 1 aliphatic rings. The summed E-state index contributed by atoms with van der Waals surface area (Å²) in [6, 6.07) is 8.20. The lowest BCUT2D eigenvalue weighted by molar-refractivity contribution is 0.438. The number of benzene rings is 1. The van der Waals surface area contributed by atoms with Crippen LogP contribution in [0.3, 0.4) is 0 Å². The predicted octanol–water partition coefficient (Wildman–Crippen LogP) is 2.53. The maximum Gasteiger partial charge on any atom is 0.201 e. The highest BCUT2D eigenvalue weighted by molar-refractivity contribution is 7.94. The van der Waals surface area contributed by atoms with E-state index >= 15 is 0 Å². The van der Waals surface area contributed by atoms with Crippen molar-refractivity contribution in [3.63, 3.8) is 0 Å². The third kappa shape index (κ3) is 3.51. The molecule has 2 heterocycles. The smallest absolute Gasteiger partial charge is 0.201 e. The Morgan fingerprint density at radius 2 is 1.91 bits per heavy atom. The maximum absolute atomic E-state index is 12.9. The van der Waals surface area contributed by atoms with Gasteiger partial charge in [0.25, 0.3) is 0 Å². The number of hydrogen-bond acceptors (Lipinski definition) is 7. The zero-order valence-electron chi connectivity index (χ0n) is 11.8. The van der Waals surface area contributed by atoms with E-state index in [2.05, 4.69) is 15.4 Å². The van der Waals surface area contributed by atoms with Crippen molar-refractivity contribution in [2.45, 2.75) is 4.90 Å². The molecule has 2 aromatic rings. The number of aromatic nitrogens is 1. The lowest BCUT2D eigenvalue weighted by atomic mass is 10.4. The quantitative estimate of drug-likeness (QED) is 0.804. The number of anilines is 1. The van der Waals surface area contributed by atoms with E-state index in [-0.39, 0.29) is 11.6 Å². The van der Waals surface area contributed by atoms with E-state index in [1.807, 2.05) is 6.07 Å². The first-order valence-corrected chi connectivity index (χ1v) is 8.14. The van der Waals surface area contributed by atoms with Crippen molar-refractivity contribution in [2.75, 3.05) is 11.7 Å². The fourth-order valence-electron chi connectivity index (χ4n) is 1.86. The molecule has 23 heavy (non-hydrogen) atoms. The second kappa shape index (κ2) is 6.13. The van der Waals surface area contributed by atoms with Gasteiger partial charge in [0.15, 0.2) is 0 Å². The van der Waals surface area contributed by atoms with Crippen LogP contribution in [0.4, 0.5) is 10.1 Å². The number of rotatable bonds is 4. The summed E-state index contributed by atoms with van der Waals surface area (Å²) < 4.78 is 37.1. The Bertz CT molecular complexity index is 837. The van der Waals surface area contributed by atoms with E-state index in [0.717, 1.165) is 23.2 Å². The normalized spacial score (nSPS) is 14.8. The molecule has 0 N–H and O–H groups in total. The highest BCUT2D eigenvalue weighted by atomic mass is 32.2. The van der Waals surface area contributed by atoms with Gasteiger partial charge in [-0.1, -0.05) is 0 Å². The molecule has 0 aliphatic carbocycles. The van der Waals surface area contributed by atoms with Gasteiger partial charge in [-0.3, -0.25) is 4.98 Å². The zero-order valence-corrected chi connectivity index (χ0v) is 12.6. The first kappa shape index (κ1) is 15.1. The van der Waals surface area contributed by atoms with Crippen LogP contribution in [-0.2, 0) is 9.84 Å². The van der Waals surface area contributed by atoms with E-state index in [0.29, 0.717) is 0 Å². The van der Waals surface area contributed by atoms with Crippen LogP contribution >= 0.6 is 0 Å². The monoisotopic (exact) mass is 333 g/mol. The first-order chi connectivity index (χ1) is 11.0. The second-order valence-corrected chi connectivity index (χ2v) is 6.49. The Morgan fingerprint density at radius 3 is 2.61 bits per heavy atom. The molecule has 3 rings (SSSR count). The van der Waals surface area contributed by atoms with Crippen molar-refractivity contribution in [2.24, 2.45) is 10.4 Å². The van der Waals surface area contributed by atoms with E-state index in [4.69, 9.17) is 0 Å². The average molecular weight is 333 g/mol. The van der Waals surface area contributed by atoms with Gasteiger partial charge < -0.3 is 0 Å². The number of nitrogens with zero attached hydrogens (tertiary/aromatic N) is 5. The fourth-order valence-corrected chi connectivity index (χ4v) is 2.84. The number of sulfone groups is 1. The van der Waals surface area contributed by atoms with E-state index in [9.17, 15) is 12.8 Å². The van der Waals surface area contributed by atoms with Crippen molar-refractivity contribution in [3.05, 3.63) is 66.2 Å². The second-order valence-electron chi connectivity index (χ2n) is 4.65. The highest BCUT2D eigenvalue weighted by Crippen LogP contribution is 2.19. The summed E-state index contributed by atoms with van der Waals surface area (Å²) in [6.45, 7) is 0.265. The van der Waals surface area contributed by atoms with E-state index in [1.165, 1.54) is 23.3 Å². The highest BCUT2D eigenvalue weighted by Gasteiger charge is 2.17. The largest absolute Gasteiger partial charge is 0.262 e. The Kier molecular flexibility index (Phi) is 4.02. The van der Waals surface area contributed by atoms with Gasteiger partial charge in [-0.05, 0) is 46.8 Å². The molecule has 1 aromatic heterocycles. The van der Waals surface area contributed by atoms with Crippen molar-refractivity contribution in [1.29, 1.82) is 0 Å². The van der Waals surface area contributed by atoms with Crippen LogP contribution in [-0.4, -0.2) is 25.1 Å². The molecule has 0 unspecified atom stereocenters. The number of halogens is 1. The lowest BCUT2D eigenvalue weighted by Gasteiger charge is -2.12. The maximum atomic E-state index is 12.9. The van der Waals surface area contributed by atoms with Gasteiger partial charge in [0.05, 0.1) is 22.2 Å². The Hall–Kier alpha value is -2.81. The molecule has 1 aromatic carbocycles. The molecule has 0 bridgehead atoms. The SMILES string of the molecule is O=S(=O)(/C=C/N1CN(c2cccnc2)N=N1)c1ccc(F)cc1. The number of pyridine rings is 1. The molecule has 0 saturated heterocycles. The van der Waals surface area contributed by atoms with Gasteiger partial charge >= 0.3 is 0 Å². The van der Waals surface area contributed by atoms with E-state index in [1.54, 1.807) is 23.5 Å². The molecule has 0 fully saturated rings. The van der Waals surface area contributed by atoms with Crippen LogP contribution in [0.1, 0.15) is 0 Å². The van der Waals surface area contributed by atoms with Crippen LogP contribution in [0.2, 0.25) is 0 Å². The summed E-state index contributed by atoms with van der Waals surface area (Å²) in [6.07, 6.45) is 4.57. The molecule has 0 radical (unpaired) electrons. The van der Waals surface area contributed by atoms with Crippen molar-refractivity contribution < 1.29 is 12.8 Å². The number of hydrogen-bond donors (Lipinski definition) is 0. The standard InChI is InChI=1S/C14H12FN5O2S/c15-12-3-5-14(6-4-12)23(21,22)9-8-19-11-20(18-17-19)13-2-1-7-16-10-13/h1-10H,11H2/b9-8+. The molecule has 0 atom stereocenters. The predicted molar refractivity (Wildman–Crippen MR) is 81.0 cm³/mol. The van der Waals surface area contributed by atoms with E-state index < -0.39 is 15.7 Å². The Balaban J connectivity index is 1.69. The third-order valence-electron chi connectivity index (χ3n) is 3.04. The molecule has 118 valence electrons. The molecule has 9 heteroatoms. The molecule has 1 aliphatic heterocycles. The summed E-state index contributed by atoms with van der Waals surface area (Å²) in [4.78, 5) is 3.99. The van der Waals surface area contributed by atoms with Crippen molar-refractivity contribution in [3.8, 4) is 0 Å². The Morgan fingerprint density at radius 1 is 1.13 bits per heavy atom. The minimum Gasteiger partial charge on any atom is -0.262 e. The van der Waals surface area contributed by atoms with Gasteiger partial charge in [-0.25, -0.2) is 22.8 Å². The average Bonchev–Trinajstić information content (AvgIpc) is 3.03. The van der Waals surface area contributed by atoms with Gasteiger partial charge in [-0.2, -0.15) is 0 Å². The first-order valence-electron chi connectivity index (χ1n) is 6.59. The van der Waals surface area contributed by atoms with Crippen LogP contribution in [0, 0.1) is 5.82 Å². The fraction of sp³-hybridized carbons (Fsp3) is 0.0714. The topological polar surface area (TPSA) is 78.2 Å².